The van der Waals surface area contributed by atoms with Crippen LogP contribution in [0.2, 0.25) is 0 Å². The first-order valence-electron chi connectivity index (χ1n) is 9.24. The Bertz CT molecular complexity index is 841. The van der Waals surface area contributed by atoms with Crippen LogP contribution in [0.1, 0.15) is 25.7 Å². The number of anilines is 1. The fourth-order valence-electron chi connectivity index (χ4n) is 3.36. The zero-order valence-electron chi connectivity index (χ0n) is 15.2. The number of para-hydroxylation sites is 1. The van der Waals surface area contributed by atoms with Gasteiger partial charge in [0.2, 0.25) is 10.0 Å². The Morgan fingerprint density at radius 1 is 1.00 bits per heavy atom. The molecule has 144 valence electrons. The van der Waals surface area contributed by atoms with Crippen LogP contribution in [0.3, 0.4) is 0 Å². The summed E-state index contributed by atoms with van der Waals surface area (Å²) in [7, 11) is -3.51. The number of amides is 2. The van der Waals surface area contributed by atoms with Gasteiger partial charge < -0.3 is 10.6 Å². The van der Waals surface area contributed by atoms with Gasteiger partial charge in [0.05, 0.1) is 4.90 Å². The molecule has 1 heterocycles. The molecule has 1 aliphatic heterocycles. The lowest BCUT2D eigenvalue weighted by molar-refractivity contribution is 0.234. The normalized spacial score (nSPS) is 18.0. The lowest BCUT2D eigenvalue weighted by atomic mass is 10.0. The van der Waals surface area contributed by atoms with E-state index in [9.17, 15) is 13.2 Å². The number of carbonyl (C=O) groups excluding carboxylic acids is 1. The average molecular weight is 388 g/mol. The van der Waals surface area contributed by atoms with Crippen molar-refractivity contribution in [3.05, 3.63) is 60.7 Å². The number of piperidine rings is 1. The van der Waals surface area contributed by atoms with Gasteiger partial charge in [-0.25, -0.2) is 13.2 Å². The van der Waals surface area contributed by atoms with Crippen molar-refractivity contribution in [2.24, 2.45) is 0 Å². The Hall–Kier alpha value is -2.38. The molecule has 1 atom stereocenters. The lowest BCUT2D eigenvalue weighted by Crippen LogP contribution is -2.45. The third-order valence-corrected chi connectivity index (χ3v) is 6.68. The second-order valence-electron chi connectivity index (χ2n) is 6.61. The van der Waals surface area contributed by atoms with Gasteiger partial charge in [0.1, 0.15) is 0 Å². The summed E-state index contributed by atoms with van der Waals surface area (Å²) in [4.78, 5) is 12.3. The highest BCUT2D eigenvalue weighted by Gasteiger charge is 2.33. The van der Waals surface area contributed by atoms with Crippen molar-refractivity contribution < 1.29 is 13.2 Å². The number of nitrogens with one attached hydrogen (secondary N) is 2. The number of benzene rings is 2. The molecule has 0 unspecified atom stereocenters. The van der Waals surface area contributed by atoms with Crippen molar-refractivity contribution in [1.29, 1.82) is 0 Å². The monoisotopic (exact) mass is 387 g/mol. The van der Waals surface area contributed by atoms with Crippen LogP contribution in [0.25, 0.3) is 0 Å². The van der Waals surface area contributed by atoms with E-state index in [1.165, 1.54) is 0 Å². The number of nitrogens with zero attached hydrogens (tertiary/aromatic N) is 1. The van der Waals surface area contributed by atoms with Gasteiger partial charge in [0, 0.05) is 24.8 Å². The van der Waals surface area contributed by atoms with Gasteiger partial charge in [-0.3, -0.25) is 0 Å². The Balaban J connectivity index is 1.57. The second kappa shape index (κ2) is 9.01. The molecule has 0 aliphatic carbocycles. The Morgan fingerprint density at radius 3 is 2.37 bits per heavy atom. The Labute approximate surface area is 160 Å². The molecule has 0 bridgehead atoms. The van der Waals surface area contributed by atoms with E-state index < -0.39 is 10.0 Å². The van der Waals surface area contributed by atoms with E-state index in [1.54, 1.807) is 28.6 Å². The molecule has 1 saturated heterocycles. The van der Waals surface area contributed by atoms with Gasteiger partial charge in [-0.05, 0) is 43.5 Å². The molecule has 2 amide bonds. The van der Waals surface area contributed by atoms with Crippen LogP contribution in [0.5, 0.6) is 0 Å². The molecular weight excluding hydrogens is 362 g/mol. The van der Waals surface area contributed by atoms with E-state index in [4.69, 9.17) is 0 Å². The fourth-order valence-corrected chi connectivity index (χ4v) is 5.10. The van der Waals surface area contributed by atoms with Crippen molar-refractivity contribution in [3.63, 3.8) is 0 Å². The first kappa shape index (κ1) is 19.4. The molecule has 2 aromatic rings. The van der Waals surface area contributed by atoms with E-state index in [0.29, 0.717) is 24.4 Å². The van der Waals surface area contributed by atoms with E-state index in [0.717, 1.165) is 24.9 Å². The van der Waals surface area contributed by atoms with Crippen molar-refractivity contribution >= 4 is 21.7 Å². The summed E-state index contributed by atoms with van der Waals surface area (Å²) in [6.45, 7) is 0.947. The summed E-state index contributed by atoms with van der Waals surface area (Å²) in [5, 5.41) is 5.58. The van der Waals surface area contributed by atoms with Crippen molar-refractivity contribution in [3.8, 4) is 0 Å². The van der Waals surface area contributed by atoms with E-state index in [2.05, 4.69) is 10.6 Å². The molecule has 27 heavy (non-hydrogen) atoms. The summed E-state index contributed by atoms with van der Waals surface area (Å²) >= 11 is 0. The van der Waals surface area contributed by atoms with Crippen LogP contribution in [0.15, 0.2) is 65.6 Å². The van der Waals surface area contributed by atoms with E-state index in [-0.39, 0.29) is 12.1 Å². The molecular formula is C20H25N3O3S. The molecule has 0 saturated carbocycles. The lowest BCUT2D eigenvalue weighted by Gasteiger charge is -2.34. The minimum absolute atomic E-state index is 0.0963. The van der Waals surface area contributed by atoms with Gasteiger partial charge in [-0.1, -0.05) is 42.8 Å². The van der Waals surface area contributed by atoms with Crippen LogP contribution in [0, 0.1) is 0 Å². The smallest absolute Gasteiger partial charge is 0.319 e. The number of rotatable bonds is 6. The van der Waals surface area contributed by atoms with Crippen LogP contribution < -0.4 is 10.6 Å². The zero-order valence-corrected chi connectivity index (χ0v) is 16.0. The predicted molar refractivity (Wildman–Crippen MR) is 106 cm³/mol. The second-order valence-corrected chi connectivity index (χ2v) is 8.50. The van der Waals surface area contributed by atoms with Crippen LogP contribution in [-0.2, 0) is 10.0 Å². The van der Waals surface area contributed by atoms with Crippen LogP contribution in [-0.4, -0.2) is 37.9 Å². The summed E-state index contributed by atoms with van der Waals surface area (Å²) in [6.07, 6.45) is 3.27. The van der Waals surface area contributed by atoms with Gasteiger partial charge in [-0.2, -0.15) is 4.31 Å². The zero-order chi connectivity index (χ0) is 19.1. The molecule has 6 nitrogen and oxygen atoms in total. The summed E-state index contributed by atoms with van der Waals surface area (Å²) in [6, 6.07) is 17.4. The summed E-state index contributed by atoms with van der Waals surface area (Å²) < 4.78 is 27.5. The van der Waals surface area contributed by atoms with E-state index in [1.807, 2.05) is 36.4 Å². The first-order chi connectivity index (χ1) is 13.1. The maximum Gasteiger partial charge on any atom is 0.319 e. The summed E-state index contributed by atoms with van der Waals surface area (Å²) in [5.74, 6) is 0. The van der Waals surface area contributed by atoms with Crippen molar-refractivity contribution in [2.75, 3.05) is 18.4 Å². The number of hydrogen-bond acceptors (Lipinski definition) is 3. The number of hydrogen-bond donors (Lipinski definition) is 2. The number of sulfonamides is 1. The van der Waals surface area contributed by atoms with Crippen molar-refractivity contribution in [2.45, 2.75) is 36.6 Å². The third-order valence-electron chi connectivity index (χ3n) is 4.72. The van der Waals surface area contributed by atoms with Gasteiger partial charge in [-0.15, -0.1) is 0 Å². The van der Waals surface area contributed by atoms with Crippen molar-refractivity contribution in [1.82, 2.24) is 9.62 Å². The number of urea groups is 1. The Kier molecular flexibility index (Phi) is 6.47. The molecule has 0 spiro atoms. The third kappa shape index (κ3) is 5.08. The molecule has 0 radical (unpaired) electrons. The predicted octanol–water partition coefficient (Wildman–Crippen LogP) is 3.44. The van der Waals surface area contributed by atoms with Gasteiger partial charge >= 0.3 is 6.03 Å². The topological polar surface area (TPSA) is 78.5 Å². The minimum atomic E-state index is -3.51. The molecule has 2 aromatic carbocycles. The van der Waals surface area contributed by atoms with Crippen LogP contribution in [0.4, 0.5) is 10.5 Å². The molecule has 1 aliphatic rings. The highest BCUT2D eigenvalue weighted by atomic mass is 32.2. The highest BCUT2D eigenvalue weighted by molar-refractivity contribution is 7.89. The standard InChI is InChI=1S/C20H25N3O3S/c24-20(22-17-9-3-1-4-10-17)21-15-14-18-11-7-8-16-23(18)27(25,26)19-12-5-2-6-13-19/h1-6,9-10,12-13,18H,7-8,11,14-16H2,(H2,21,22,24)/t18-/m0/s1. The fraction of sp³-hybridized carbons (Fsp3) is 0.350. The maximum atomic E-state index is 13.0. The molecule has 0 aromatic heterocycles. The SMILES string of the molecule is O=C(NCC[C@@H]1CCCCN1S(=O)(=O)c1ccccc1)Nc1ccccc1. The summed E-state index contributed by atoms with van der Waals surface area (Å²) in [5.41, 5.74) is 0.723. The quantitative estimate of drug-likeness (QED) is 0.797. The molecule has 1 fully saturated rings. The average Bonchev–Trinajstić information content (AvgIpc) is 2.70. The molecule has 7 heteroatoms. The highest BCUT2D eigenvalue weighted by Crippen LogP contribution is 2.26. The minimum Gasteiger partial charge on any atom is -0.338 e. The maximum absolute atomic E-state index is 13.0. The van der Waals surface area contributed by atoms with E-state index >= 15 is 0 Å². The Morgan fingerprint density at radius 2 is 1.67 bits per heavy atom. The van der Waals surface area contributed by atoms with Gasteiger partial charge in [0.15, 0.2) is 0 Å². The molecule has 2 N–H and O–H groups in total. The largest absolute Gasteiger partial charge is 0.338 e. The first-order valence-corrected chi connectivity index (χ1v) is 10.7. The van der Waals surface area contributed by atoms with Gasteiger partial charge in [0.25, 0.3) is 0 Å². The molecule has 3 rings (SSSR count). The number of carbonyl (C=O) groups is 1. The van der Waals surface area contributed by atoms with Crippen LogP contribution >= 0.6 is 0 Å².